The molecule has 1 aromatic rings. The van der Waals surface area contributed by atoms with Gasteiger partial charge in [-0.2, -0.15) is 0 Å². The van der Waals surface area contributed by atoms with Crippen molar-refractivity contribution in [3.05, 3.63) is 34.5 Å². The van der Waals surface area contributed by atoms with Crippen molar-refractivity contribution in [3.63, 3.8) is 0 Å². The van der Waals surface area contributed by atoms with Crippen LogP contribution in [-0.2, 0) is 16.0 Å². The number of nitrogens with one attached hydrogen (secondary N) is 2. The number of rotatable bonds is 6. The fourth-order valence-corrected chi connectivity index (χ4v) is 3.17. The van der Waals surface area contributed by atoms with E-state index in [9.17, 15) is 4.79 Å². The maximum atomic E-state index is 12.5. The average Bonchev–Trinajstić information content (AvgIpc) is 2.59. The molecule has 7 heteroatoms. The lowest BCUT2D eigenvalue weighted by Gasteiger charge is -2.31. The normalized spacial score (nSPS) is 16.8. The monoisotopic (exact) mass is 364 g/mol. The molecular weight excluding hydrogens is 340 g/mol. The van der Waals surface area contributed by atoms with Gasteiger partial charge in [-0.15, -0.1) is 0 Å². The van der Waals surface area contributed by atoms with Gasteiger partial charge in [0.2, 0.25) is 0 Å². The molecule has 0 bridgehead atoms. The van der Waals surface area contributed by atoms with Crippen LogP contribution < -0.4 is 20.1 Å². The number of hydrogen-bond acceptors (Lipinski definition) is 5. The second kappa shape index (κ2) is 8.20. The Morgan fingerprint density at radius 2 is 1.88 bits per heavy atom. The molecule has 0 saturated carbocycles. The summed E-state index contributed by atoms with van der Waals surface area (Å²) in [6.45, 7) is 5.93. The fourth-order valence-electron chi connectivity index (χ4n) is 2.90. The first-order valence-electron chi connectivity index (χ1n) is 8.16. The summed E-state index contributed by atoms with van der Waals surface area (Å²) in [5.41, 5.74) is 2.99. The number of benzene rings is 1. The number of carbonyl (C=O) groups is 1. The summed E-state index contributed by atoms with van der Waals surface area (Å²) in [6.07, 6.45) is 0.785. The van der Waals surface area contributed by atoms with Crippen molar-refractivity contribution in [1.82, 2.24) is 10.6 Å². The molecule has 0 spiro atoms. The molecule has 25 heavy (non-hydrogen) atoms. The lowest BCUT2D eigenvalue weighted by molar-refractivity contribution is -0.139. The number of esters is 1. The van der Waals surface area contributed by atoms with Gasteiger partial charge in [0, 0.05) is 17.3 Å². The third kappa shape index (κ3) is 3.87. The van der Waals surface area contributed by atoms with Crippen LogP contribution in [0.25, 0.3) is 0 Å². The van der Waals surface area contributed by atoms with Crippen molar-refractivity contribution < 1.29 is 19.0 Å². The van der Waals surface area contributed by atoms with Gasteiger partial charge in [-0.25, -0.2) is 4.79 Å². The van der Waals surface area contributed by atoms with E-state index in [0.717, 1.165) is 23.3 Å². The van der Waals surface area contributed by atoms with Gasteiger partial charge in [-0.3, -0.25) is 0 Å². The summed E-state index contributed by atoms with van der Waals surface area (Å²) < 4.78 is 16.2. The van der Waals surface area contributed by atoms with E-state index in [2.05, 4.69) is 10.6 Å². The standard InChI is InChI=1S/C18H24N2O4S/c1-6-11-8-12(14(23-5)9-13(11)22-4)16-15(17(21)24-7-2)10(3)19-18(25)20-16/h8-9,16H,6-7H2,1-5H3,(H2,19,20,25). The first kappa shape index (κ1) is 19.1. The Bertz CT molecular complexity index is 715. The Balaban J connectivity index is 2.62. The van der Waals surface area contributed by atoms with Gasteiger partial charge < -0.3 is 24.8 Å². The van der Waals surface area contributed by atoms with Gasteiger partial charge in [0.25, 0.3) is 0 Å². The van der Waals surface area contributed by atoms with E-state index >= 15 is 0 Å². The lowest BCUT2D eigenvalue weighted by Crippen LogP contribution is -2.45. The first-order chi connectivity index (χ1) is 12.0. The van der Waals surface area contributed by atoms with Gasteiger partial charge in [0.1, 0.15) is 11.5 Å². The highest BCUT2D eigenvalue weighted by Gasteiger charge is 2.33. The van der Waals surface area contributed by atoms with Crippen LogP contribution >= 0.6 is 12.2 Å². The molecule has 0 fully saturated rings. The van der Waals surface area contributed by atoms with Gasteiger partial charge >= 0.3 is 5.97 Å². The molecule has 1 aliphatic heterocycles. The summed E-state index contributed by atoms with van der Waals surface area (Å²) in [5.74, 6) is 0.979. The van der Waals surface area contributed by atoms with E-state index in [4.69, 9.17) is 26.4 Å². The van der Waals surface area contributed by atoms with Crippen molar-refractivity contribution in [1.29, 1.82) is 0 Å². The molecule has 0 saturated heterocycles. The second-order valence-corrected chi connectivity index (χ2v) is 5.96. The van der Waals surface area contributed by atoms with E-state index in [-0.39, 0.29) is 5.97 Å². The zero-order valence-electron chi connectivity index (χ0n) is 15.2. The highest BCUT2D eigenvalue weighted by molar-refractivity contribution is 7.80. The maximum Gasteiger partial charge on any atom is 0.338 e. The van der Waals surface area contributed by atoms with Crippen LogP contribution in [0.5, 0.6) is 11.5 Å². The van der Waals surface area contributed by atoms with E-state index in [1.807, 2.05) is 26.0 Å². The molecular formula is C18H24N2O4S. The van der Waals surface area contributed by atoms with Crippen LogP contribution in [-0.4, -0.2) is 31.9 Å². The van der Waals surface area contributed by atoms with E-state index in [0.29, 0.717) is 28.7 Å². The number of hydrogen-bond donors (Lipinski definition) is 2. The molecule has 2 rings (SSSR count). The Kier molecular flexibility index (Phi) is 6.25. The Morgan fingerprint density at radius 1 is 1.20 bits per heavy atom. The number of aryl methyl sites for hydroxylation is 1. The number of thiocarbonyl (C=S) groups is 1. The summed E-state index contributed by atoms with van der Waals surface area (Å²) in [4.78, 5) is 12.5. The maximum absolute atomic E-state index is 12.5. The molecule has 2 N–H and O–H groups in total. The number of methoxy groups -OCH3 is 2. The van der Waals surface area contributed by atoms with Crippen molar-refractivity contribution in [2.75, 3.05) is 20.8 Å². The van der Waals surface area contributed by atoms with Crippen LogP contribution in [0.3, 0.4) is 0 Å². The zero-order valence-corrected chi connectivity index (χ0v) is 16.0. The quantitative estimate of drug-likeness (QED) is 0.594. The fraction of sp³-hybridized carbons (Fsp3) is 0.444. The third-order valence-corrected chi connectivity index (χ3v) is 4.31. The number of carbonyl (C=O) groups excluding carboxylic acids is 1. The predicted octanol–water partition coefficient (Wildman–Crippen LogP) is 2.62. The molecule has 1 aromatic carbocycles. The Hall–Kier alpha value is -2.28. The SMILES string of the molecule is CCOC(=O)C1=C(C)NC(=S)NC1c1cc(CC)c(OC)cc1OC. The van der Waals surface area contributed by atoms with Gasteiger partial charge in [0.15, 0.2) is 5.11 Å². The molecule has 1 heterocycles. The molecule has 0 aliphatic carbocycles. The van der Waals surface area contributed by atoms with Crippen LogP contribution in [0.4, 0.5) is 0 Å². The summed E-state index contributed by atoms with van der Waals surface area (Å²) >= 11 is 5.28. The number of ether oxygens (including phenoxy) is 3. The van der Waals surface area contributed by atoms with E-state index in [1.165, 1.54) is 0 Å². The lowest BCUT2D eigenvalue weighted by atomic mass is 9.92. The third-order valence-electron chi connectivity index (χ3n) is 4.09. The summed E-state index contributed by atoms with van der Waals surface area (Å²) in [7, 11) is 3.21. The zero-order chi connectivity index (χ0) is 18.6. The molecule has 136 valence electrons. The smallest absolute Gasteiger partial charge is 0.338 e. The first-order valence-corrected chi connectivity index (χ1v) is 8.57. The van der Waals surface area contributed by atoms with Crippen LogP contribution in [0, 0.1) is 0 Å². The van der Waals surface area contributed by atoms with Gasteiger partial charge in [0.05, 0.1) is 32.4 Å². The highest BCUT2D eigenvalue weighted by Crippen LogP contribution is 2.37. The molecule has 0 aromatic heterocycles. The van der Waals surface area contributed by atoms with Crippen molar-refractivity contribution in [2.45, 2.75) is 33.2 Å². The van der Waals surface area contributed by atoms with Crippen LogP contribution in [0.15, 0.2) is 23.4 Å². The molecule has 1 atom stereocenters. The molecule has 1 aliphatic rings. The topological polar surface area (TPSA) is 68.8 Å². The molecule has 0 amide bonds. The minimum absolute atomic E-state index is 0.298. The largest absolute Gasteiger partial charge is 0.496 e. The summed E-state index contributed by atoms with van der Waals surface area (Å²) in [5, 5.41) is 6.60. The Labute approximate surface area is 153 Å². The van der Waals surface area contributed by atoms with Crippen molar-refractivity contribution in [3.8, 4) is 11.5 Å². The van der Waals surface area contributed by atoms with Crippen LogP contribution in [0.1, 0.15) is 37.9 Å². The van der Waals surface area contributed by atoms with E-state index < -0.39 is 6.04 Å². The van der Waals surface area contributed by atoms with Crippen molar-refractivity contribution >= 4 is 23.3 Å². The van der Waals surface area contributed by atoms with Crippen LogP contribution in [0.2, 0.25) is 0 Å². The summed E-state index contributed by atoms with van der Waals surface area (Å²) in [6, 6.07) is 3.35. The Morgan fingerprint density at radius 3 is 2.44 bits per heavy atom. The molecule has 1 unspecified atom stereocenters. The predicted molar refractivity (Wildman–Crippen MR) is 99.9 cm³/mol. The van der Waals surface area contributed by atoms with Crippen molar-refractivity contribution in [2.24, 2.45) is 0 Å². The minimum Gasteiger partial charge on any atom is -0.496 e. The second-order valence-electron chi connectivity index (χ2n) is 5.55. The molecule has 0 radical (unpaired) electrons. The highest BCUT2D eigenvalue weighted by atomic mass is 32.1. The minimum atomic E-state index is -0.459. The van der Waals surface area contributed by atoms with E-state index in [1.54, 1.807) is 21.1 Å². The molecule has 6 nitrogen and oxygen atoms in total. The van der Waals surface area contributed by atoms with Gasteiger partial charge in [-0.1, -0.05) is 6.92 Å². The van der Waals surface area contributed by atoms with Gasteiger partial charge in [-0.05, 0) is 44.1 Å². The number of allylic oxidation sites excluding steroid dienone is 1. The average molecular weight is 364 g/mol.